The van der Waals surface area contributed by atoms with Gasteiger partial charge in [0.15, 0.2) is 0 Å². The van der Waals surface area contributed by atoms with Crippen molar-refractivity contribution in [2.75, 3.05) is 7.11 Å². The number of nitrogens with zero attached hydrogens (tertiary/aromatic N) is 1. The first-order chi connectivity index (χ1) is 16.4. The highest BCUT2D eigenvalue weighted by atomic mass is 16.5. The molecule has 0 bridgehead atoms. The van der Waals surface area contributed by atoms with Gasteiger partial charge in [-0.05, 0) is 55.7 Å². The molecule has 3 aromatic rings. The van der Waals surface area contributed by atoms with Gasteiger partial charge >= 0.3 is 11.9 Å². The van der Waals surface area contributed by atoms with Gasteiger partial charge in [-0.1, -0.05) is 37.5 Å². The molecule has 1 aliphatic rings. The quantitative estimate of drug-likeness (QED) is 0.422. The van der Waals surface area contributed by atoms with Crippen molar-refractivity contribution in [3.05, 3.63) is 71.9 Å². The molecule has 34 heavy (non-hydrogen) atoms. The molecule has 3 N–H and O–H groups in total. The molecule has 2 aromatic carbocycles. The largest absolute Gasteiger partial charge is 0.497 e. The van der Waals surface area contributed by atoms with Gasteiger partial charge in [-0.25, -0.2) is 9.59 Å². The van der Waals surface area contributed by atoms with E-state index in [0.717, 1.165) is 12.3 Å². The van der Waals surface area contributed by atoms with Crippen LogP contribution in [0.4, 0.5) is 0 Å². The summed E-state index contributed by atoms with van der Waals surface area (Å²) in [5.41, 5.74) is 5.15. The van der Waals surface area contributed by atoms with Gasteiger partial charge in [0.2, 0.25) is 0 Å². The molecule has 180 valence electrons. The van der Waals surface area contributed by atoms with E-state index in [1.807, 2.05) is 0 Å². The number of para-hydroxylation sites is 1. The average molecular weight is 465 g/mol. The number of hydrogen-bond donors (Lipinski definition) is 3. The van der Waals surface area contributed by atoms with E-state index in [0.29, 0.717) is 18.2 Å². The number of fused-ring (bicyclic) bond motifs is 1. The van der Waals surface area contributed by atoms with Gasteiger partial charge in [0.25, 0.3) is 0 Å². The van der Waals surface area contributed by atoms with Crippen molar-refractivity contribution in [2.24, 2.45) is 0 Å². The van der Waals surface area contributed by atoms with Crippen LogP contribution in [0.5, 0.6) is 5.75 Å². The van der Waals surface area contributed by atoms with Crippen LogP contribution in [0, 0.1) is 6.92 Å². The molecule has 0 unspecified atom stereocenters. The Bertz CT molecular complexity index is 1130. The maximum Gasteiger partial charge on any atom is 0.328 e. The number of aliphatic carboxylic acids is 2. The summed E-state index contributed by atoms with van der Waals surface area (Å²) in [6.45, 7) is 3.15. The molecule has 0 atom stereocenters. The number of carboxylic acids is 2. The fourth-order valence-corrected chi connectivity index (χ4v) is 4.42. The van der Waals surface area contributed by atoms with Crippen LogP contribution in [0.2, 0.25) is 0 Å². The Morgan fingerprint density at radius 1 is 1.03 bits per heavy atom. The van der Waals surface area contributed by atoms with Gasteiger partial charge in [-0.2, -0.15) is 0 Å². The minimum atomic E-state index is -1.26. The van der Waals surface area contributed by atoms with E-state index in [4.69, 9.17) is 14.9 Å². The molecule has 0 spiro atoms. The molecular weight excluding hydrogens is 432 g/mol. The monoisotopic (exact) mass is 464 g/mol. The van der Waals surface area contributed by atoms with Gasteiger partial charge in [-0.15, -0.1) is 0 Å². The summed E-state index contributed by atoms with van der Waals surface area (Å²) in [4.78, 5) is 19.1. The molecule has 0 radical (unpaired) electrons. The SMILES string of the molecule is COc1ccc2c(c1)c(CNC1CCCCC1)c(C)n2-c1ccccc1.O=C(O)/C=C\C(=O)O. The van der Waals surface area contributed by atoms with Gasteiger partial charge in [0.1, 0.15) is 5.75 Å². The number of rotatable bonds is 7. The standard InChI is InChI=1S/C23H28N2O.C4H4O4/c1-17-22(16-24-18-9-5-3-6-10-18)21-15-20(26-2)13-14-23(21)25(17)19-11-7-4-8-12-19;5-3(6)1-2-4(7)8/h4,7-8,11-15,18,24H,3,5-6,9-10,16H2,1-2H3;1-2H,(H,5,6)(H,7,8)/b;2-1-. The molecule has 1 aliphatic carbocycles. The summed E-state index contributed by atoms with van der Waals surface area (Å²) >= 11 is 0. The van der Waals surface area contributed by atoms with Crippen molar-refractivity contribution in [1.29, 1.82) is 0 Å². The van der Waals surface area contributed by atoms with Gasteiger partial charge < -0.3 is 24.8 Å². The van der Waals surface area contributed by atoms with E-state index in [9.17, 15) is 9.59 Å². The second kappa shape index (κ2) is 12.0. The number of benzene rings is 2. The smallest absolute Gasteiger partial charge is 0.328 e. The number of nitrogens with one attached hydrogen (secondary N) is 1. The second-order valence-corrected chi connectivity index (χ2v) is 8.34. The molecule has 1 aromatic heterocycles. The zero-order valence-electron chi connectivity index (χ0n) is 19.7. The Kier molecular flexibility index (Phi) is 8.87. The molecular formula is C27H32N2O5. The average Bonchev–Trinajstić information content (AvgIpc) is 3.13. The molecule has 0 amide bonds. The van der Waals surface area contributed by atoms with Crippen molar-refractivity contribution in [1.82, 2.24) is 9.88 Å². The molecule has 0 aliphatic heterocycles. The van der Waals surface area contributed by atoms with Crippen LogP contribution in [0.15, 0.2) is 60.7 Å². The van der Waals surface area contributed by atoms with Crippen LogP contribution in [-0.2, 0) is 16.1 Å². The van der Waals surface area contributed by atoms with E-state index < -0.39 is 11.9 Å². The zero-order chi connectivity index (χ0) is 24.5. The third kappa shape index (κ3) is 6.48. The Hall–Kier alpha value is -3.58. The summed E-state index contributed by atoms with van der Waals surface area (Å²) in [6.07, 6.45) is 7.83. The summed E-state index contributed by atoms with van der Waals surface area (Å²) in [5, 5.41) is 20.7. The fraction of sp³-hybridized carbons (Fsp3) is 0.333. The van der Waals surface area contributed by atoms with Crippen LogP contribution in [0.1, 0.15) is 43.4 Å². The van der Waals surface area contributed by atoms with E-state index in [-0.39, 0.29) is 0 Å². The van der Waals surface area contributed by atoms with Crippen molar-refractivity contribution in [2.45, 2.75) is 51.6 Å². The summed E-state index contributed by atoms with van der Waals surface area (Å²) < 4.78 is 7.86. The van der Waals surface area contributed by atoms with Gasteiger partial charge in [-0.3, -0.25) is 0 Å². The predicted molar refractivity (Wildman–Crippen MR) is 133 cm³/mol. The zero-order valence-corrected chi connectivity index (χ0v) is 19.7. The molecule has 0 saturated heterocycles. The summed E-state index contributed by atoms with van der Waals surface area (Å²) in [5.74, 6) is -1.60. The number of carboxylic acid groups (broad SMARTS) is 2. The highest BCUT2D eigenvalue weighted by molar-refractivity contribution is 5.90. The summed E-state index contributed by atoms with van der Waals surface area (Å²) in [6, 6.07) is 17.7. The maximum absolute atomic E-state index is 9.55. The first-order valence-corrected chi connectivity index (χ1v) is 11.5. The number of carbonyl (C=O) groups is 2. The number of aromatic nitrogens is 1. The highest BCUT2D eigenvalue weighted by Crippen LogP contribution is 2.32. The van der Waals surface area contributed by atoms with Gasteiger partial charge in [0, 0.05) is 41.5 Å². The van der Waals surface area contributed by atoms with Crippen molar-refractivity contribution >= 4 is 22.8 Å². The lowest BCUT2D eigenvalue weighted by Crippen LogP contribution is -2.30. The Balaban J connectivity index is 0.000000350. The second-order valence-electron chi connectivity index (χ2n) is 8.34. The van der Waals surface area contributed by atoms with Crippen LogP contribution in [0.25, 0.3) is 16.6 Å². The first-order valence-electron chi connectivity index (χ1n) is 11.5. The van der Waals surface area contributed by atoms with E-state index in [2.05, 4.69) is 65.3 Å². The Labute approximate surface area is 199 Å². The van der Waals surface area contributed by atoms with Crippen molar-refractivity contribution in [3.8, 4) is 11.4 Å². The minimum absolute atomic E-state index is 0.558. The maximum atomic E-state index is 9.55. The third-order valence-corrected chi connectivity index (χ3v) is 6.10. The van der Waals surface area contributed by atoms with Gasteiger partial charge in [0.05, 0.1) is 12.6 Å². The molecule has 1 saturated carbocycles. The number of ether oxygens (including phenoxy) is 1. The van der Waals surface area contributed by atoms with Crippen LogP contribution in [0.3, 0.4) is 0 Å². The normalized spacial score (nSPS) is 14.1. The highest BCUT2D eigenvalue weighted by Gasteiger charge is 2.18. The lowest BCUT2D eigenvalue weighted by Gasteiger charge is -2.23. The Morgan fingerprint density at radius 2 is 1.68 bits per heavy atom. The topological polar surface area (TPSA) is 101 Å². The molecule has 4 rings (SSSR count). The fourth-order valence-electron chi connectivity index (χ4n) is 4.42. The van der Waals surface area contributed by atoms with E-state index in [1.165, 1.54) is 60.0 Å². The number of methoxy groups -OCH3 is 1. The molecule has 7 heteroatoms. The van der Waals surface area contributed by atoms with Crippen molar-refractivity contribution < 1.29 is 24.5 Å². The van der Waals surface area contributed by atoms with Crippen LogP contribution < -0.4 is 10.1 Å². The third-order valence-electron chi connectivity index (χ3n) is 6.10. The lowest BCUT2D eigenvalue weighted by atomic mass is 9.95. The van der Waals surface area contributed by atoms with E-state index in [1.54, 1.807) is 7.11 Å². The van der Waals surface area contributed by atoms with E-state index >= 15 is 0 Å². The first kappa shape index (κ1) is 25.1. The number of hydrogen-bond acceptors (Lipinski definition) is 4. The molecule has 1 fully saturated rings. The van der Waals surface area contributed by atoms with Crippen molar-refractivity contribution in [3.63, 3.8) is 0 Å². The lowest BCUT2D eigenvalue weighted by molar-refractivity contribution is -0.134. The molecule has 7 nitrogen and oxygen atoms in total. The predicted octanol–water partition coefficient (Wildman–Crippen LogP) is 5.08. The Morgan fingerprint density at radius 3 is 2.26 bits per heavy atom. The van der Waals surface area contributed by atoms with Crippen LogP contribution >= 0.6 is 0 Å². The van der Waals surface area contributed by atoms with Crippen LogP contribution in [-0.4, -0.2) is 39.9 Å². The molecule has 1 heterocycles. The summed E-state index contributed by atoms with van der Waals surface area (Å²) in [7, 11) is 1.74. The minimum Gasteiger partial charge on any atom is -0.497 e.